The lowest BCUT2D eigenvalue weighted by atomic mass is 9.95. The Balaban J connectivity index is 2.30. The predicted molar refractivity (Wildman–Crippen MR) is 82.7 cm³/mol. The zero-order valence-corrected chi connectivity index (χ0v) is 12.8. The fraction of sp³-hybridized carbons (Fsp3) is 0.294. The van der Waals surface area contributed by atoms with Gasteiger partial charge in [-0.25, -0.2) is 8.78 Å². The third kappa shape index (κ3) is 4.02. The van der Waals surface area contributed by atoms with Gasteiger partial charge >= 0.3 is 0 Å². The summed E-state index contributed by atoms with van der Waals surface area (Å²) in [6.07, 6.45) is 0.576. The van der Waals surface area contributed by atoms with Crippen molar-refractivity contribution in [3.8, 4) is 0 Å². The van der Waals surface area contributed by atoms with E-state index < -0.39 is 11.6 Å². The van der Waals surface area contributed by atoms with Gasteiger partial charge in [-0.15, -0.1) is 0 Å². The highest BCUT2D eigenvalue weighted by molar-refractivity contribution is 6.30. The average molecular weight is 310 g/mol. The first-order chi connectivity index (χ1) is 10.0. The summed E-state index contributed by atoms with van der Waals surface area (Å²) in [6.45, 7) is 4.81. The van der Waals surface area contributed by atoms with Gasteiger partial charge in [0.15, 0.2) is 11.6 Å². The quantitative estimate of drug-likeness (QED) is 0.835. The molecule has 0 spiro atoms. The average Bonchev–Trinajstić information content (AvgIpc) is 2.45. The van der Waals surface area contributed by atoms with Crippen molar-refractivity contribution < 1.29 is 8.78 Å². The summed E-state index contributed by atoms with van der Waals surface area (Å²) in [5, 5.41) is 4.04. The molecule has 4 heteroatoms. The van der Waals surface area contributed by atoms with E-state index in [1.807, 2.05) is 32.0 Å². The monoisotopic (exact) mass is 309 g/mol. The maximum atomic E-state index is 13.3. The zero-order chi connectivity index (χ0) is 15.4. The third-order valence-electron chi connectivity index (χ3n) is 3.49. The van der Waals surface area contributed by atoms with Crippen molar-refractivity contribution in [3.05, 3.63) is 69.7 Å². The summed E-state index contributed by atoms with van der Waals surface area (Å²) in [7, 11) is 0. The second-order valence-corrected chi connectivity index (χ2v) is 5.50. The molecule has 2 aromatic rings. The van der Waals surface area contributed by atoms with Gasteiger partial charge < -0.3 is 5.32 Å². The van der Waals surface area contributed by atoms with Gasteiger partial charge in [0.1, 0.15) is 0 Å². The van der Waals surface area contributed by atoms with Crippen molar-refractivity contribution in [1.29, 1.82) is 0 Å². The van der Waals surface area contributed by atoms with E-state index in [2.05, 4.69) is 5.32 Å². The van der Waals surface area contributed by atoms with Crippen LogP contribution in [0.4, 0.5) is 8.78 Å². The lowest BCUT2D eigenvalue weighted by Crippen LogP contribution is -2.23. The van der Waals surface area contributed by atoms with Crippen LogP contribution in [-0.4, -0.2) is 6.54 Å². The van der Waals surface area contributed by atoms with E-state index in [1.165, 1.54) is 12.1 Å². The van der Waals surface area contributed by atoms with Crippen LogP contribution in [0.15, 0.2) is 36.4 Å². The molecule has 0 bridgehead atoms. The molecule has 0 heterocycles. The molecule has 0 fully saturated rings. The highest BCUT2D eigenvalue weighted by atomic mass is 35.5. The molecule has 21 heavy (non-hydrogen) atoms. The molecule has 112 valence electrons. The van der Waals surface area contributed by atoms with E-state index in [-0.39, 0.29) is 6.04 Å². The fourth-order valence-electron chi connectivity index (χ4n) is 2.43. The van der Waals surface area contributed by atoms with Crippen molar-refractivity contribution >= 4 is 11.6 Å². The van der Waals surface area contributed by atoms with E-state index >= 15 is 0 Å². The highest BCUT2D eigenvalue weighted by Gasteiger charge is 2.15. The van der Waals surface area contributed by atoms with Crippen molar-refractivity contribution in [2.75, 3.05) is 6.54 Å². The number of rotatable bonds is 5. The Labute approximate surface area is 128 Å². The Morgan fingerprint density at radius 2 is 1.86 bits per heavy atom. The van der Waals surface area contributed by atoms with Crippen LogP contribution >= 0.6 is 11.6 Å². The van der Waals surface area contributed by atoms with Crippen LogP contribution in [0.2, 0.25) is 5.02 Å². The number of hydrogen-bond acceptors (Lipinski definition) is 1. The molecule has 1 nitrogen and oxygen atoms in total. The van der Waals surface area contributed by atoms with Crippen molar-refractivity contribution in [1.82, 2.24) is 5.32 Å². The lowest BCUT2D eigenvalue weighted by Gasteiger charge is -2.21. The molecule has 0 amide bonds. The summed E-state index contributed by atoms with van der Waals surface area (Å²) in [5.74, 6) is -1.64. The third-order valence-corrected chi connectivity index (χ3v) is 3.73. The Kier molecular flexibility index (Phi) is 5.32. The second-order valence-electron chi connectivity index (χ2n) is 5.06. The molecule has 0 aliphatic rings. The summed E-state index contributed by atoms with van der Waals surface area (Å²) >= 11 is 6.07. The molecule has 2 aromatic carbocycles. The molecule has 0 saturated heterocycles. The lowest BCUT2D eigenvalue weighted by molar-refractivity contribution is 0.502. The SMILES string of the molecule is CCNC(Cc1ccc(F)c(F)c1)c1cc(Cl)ccc1C. The maximum Gasteiger partial charge on any atom is 0.159 e. The van der Waals surface area contributed by atoms with E-state index in [0.29, 0.717) is 11.4 Å². The first kappa shape index (κ1) is 15.9. The minimum Gasteiger partial charge on any atom is -0.310 e. The second kappa shape index (κ2) is 7.01. The topological polar surface area (TPSA) is 12.0 Å². The molecule has 1 atom stereocenters. The molecule has 0 radical (unpaired) electrons. The summed E-state index contributed by atoms with van der Waals surface area (Å²) in [5.41, 5.74) is 2.95. The Bertz CT molecular complexity index is 628. The van der Waals surface area contributed by atoms with Crippen LogP contribution in [-0.2, 0) is 6.42 Å². The van der Waals surface area contributed by atoms with Crippen LogP contribution in [0.1, 0.15) is 29.7 Å². The molecule has 1 N–H and O–H groups in total. The summed E-state index contributed by atoms with van der Waals surface area (Å²) < 4.78 is 26.4. The largest absolute Gasteiger partial charge is 0.310 e. The Hall–Kier alpha value is -1.45. The first-order valence-electron chi connectivity index (χ1n) is 6.94. The van der Waals surface area contributed by atoms with Gasteiger partial charge in [-0.3, -0.25) is 0 Å². The number of hydrogen-bond donors (Lipinski definition) is 1. The molecule has 0 aliphatic carbocycles. The summed E-state index contributed by atoms with van der Waals surface area (Å²) in [6, 6.07) is 9.78. The number of aryl methyl sites for hydroxylation is 1. The maximum absolute atomic E-state index is 13.3. The van der Waals surface area contributed by atoms with Crippen LogP contribution in [0.25, 0.3) is 0 Å². The van der Waals surface area contributed by atoms with Crippen molar-refractivity contribution in [3.63, 3.8) is 0 Å². The molecule has 0 aromatic heterocycles. The number of benzene rings is 2. The Morgan fingerprint density at radius 3 is 2.52 bits per heavy atom. The smallest absolute Gasteiger partial charge is 0.159 e. The molecule has 1 unspecified atom stereocenters. The van der Waals surface area contributed by atoms with E-state index in [9.17, 15) is 8.78 Å². The highest BCUT2D eigenvalue weighted by Crippen LogP contribution is 2.25. The molecule has 0 aliphatic heterocycles. The van der Waals surface area contributed by atoms with Gasteiger partial charge in [0.2, 0.25) is 0 Å². The van der Waals surface area contributed by atoms with Crippen LogP contribution < -0.4 is 5.32 Å². The standard InChI is InChI=1S/C17H18ClF2N/c1-3-21-17(14-10-13(18)6-4-11(14)2)9-12-5-7-15(19)16(20)8-12/h4-8,10,17,21H,3,9H2,1-2H3. The normalized spacial score (nSPS) is 12.4. The van der Waals surface area contributed by atoms with Crippen molar-refractivity contribution in [2.45, 2.75) is 26.3 Å². The van der Waals surface area contributed by atoms with Crippen LogP contribution in [0.5, 0.6) is 0 Å². The minimum atomic E-state index is -0.822. The number of nitrogens with one attached hydrogen (secondary N) is 1. The molecular formula is C17H18ClF2N. The van der Waals surface area contributed by atoms with Gasteiger partial charge in [-0.05, 0) is 60.8 Å². The van der Waals surface area contributed by atoms with Crippen LogP contribution in [0, 0.1) is 18.6 Å². The van der Waals surface area contributed by atoms with Gasteiger partial charge in [-0.2, -0.15) is 0 Å². The van der Waals surface area contributed by atoms with Gasteiger partial charge in [0.05, 0.1) is 0 Å². The molecule has 0 saturated carbocycles. The number of halogens is 3. The fourth-order valence-corrected chi connectivity index (χ4v) is 2.61. The minimum absolute atomic E-state index is 0.0126. The molecule has 2 rings (SSSR count). The molecular weight excluding hydrogens is 292 g/mol. The van der Waals surface area contributed by atoms with Crippen LogP contribution in [0.3, 0.4) is 0 Å². The first-order valence-corrected chi connectivity index (χ1v) is 7.32. The van der Waals surface area contributed by atoms with Gasteiger partial charge in [0.25, 0.3) is 0 Å². The Morgan fingerprint density at radius 1 is 1.10 bits per heavy atom. The van der Waals surface area contributed by atoms with E-state index in [4.69, 9.17) is 11.6 Å². The predicted octanol–water partition coefficient (Wildman–Crippen LogP) is 4.82. The van der Waals surface area contributed by atoms with Gasteiger partial charge in [0, 0.05) is 11.1 Å². The van der Waals surface area contributed by atoms with Gasteiger partial charge in [-0.1, -0.05) is 30.7 Å². The van der Waals surface area contributed by atoms with E-state index in [1.54, 1.807) is 6.07 Å². The van der Waals surface area contributed by atoms with E-state index in [0.717, 1.165) is 23.2 Å². The zero-order valence-electron chi connectivity index (χ0n) is 12.1. The van der Waals surface area contributed by atoms with Crippen molar-refractivity contribution in [2.24, 2.45) is 0 Å². The number of likely N-dealkylation sites (N-methyl/N-ethyl adjacent to an activating group) is 1. The summed E-state index contributed by atoms with van der Waals surface area (Å²) in [4.78, 5) is 0.